The van der Waals surface area contributed by atoms with Crippen molar-refractivity contribution < 1.29 is 10.0 Å². The van der Waals surface area contributed by atoms with Gasteiger partial charge < -0.3 is 21.1 Å². The molecule has 0 fully saturated rings. The van der Waals surface area contributed by atoms with E-state index in [1.165, 1.54) is 0 Å². The van der Waals surface area contributed by atoms with Crippen LogP contribution in [-0.2, 0) is 19.5 Å². The fraction of sp³-hybridized carbons (Fsp3) is 0.200. The first kappa shape index (κ1) is 20.0. The first-order valence-electron chi connectivity index (χ1n) is 9.69. The quantitative estimate of drug-likeness (QED) is 0.328. The molecule has 4 rings (SSSR count). The normalized spacial score (nSPS) is 11.1. The fourth-order valence-corrected chi connectivity index (χ4v) is 3.31. The molecule has 0 aliphatic carbocycles. The maximum absolute atomic E-state index is 9.37. The van der Waals surface area contributed by atoms with E-state index in [4.69, 9.17) is 5.73 Å². The van der Waals surface area contributed by atoms with Crippen LogP contribution in [0.5, 0.6) is 0 Å². The smallest absolute Gasteiger partial charge is 0.423 e. The third kappa shape index (κ3) is 3.88. The average Bonchev–Trinajstić information content (AvgIpc) is 3.22. The third-order valence-electron chi connectivity index (χ3n) is 4.90. The highest BCUT2D eigenvalue weighted by molar-refractivity contribution is 6.58. The molecule has 30 heavy (non-hydrogen) atoms. The Morgan fingerprint density at radius 3 is 2.73 bits per heavy atom. The van der Waals surface area contributed by atoms with Gasteiger partial charge in [-0.1, -0.05) is 43.3 Å². The lowest BCUT2D eigenvalue weighted by atomic mass is 9.80. The second-order valence-corrected chi connectivity index (χ2v) is 6.84. The van der Waals surface area contributed by atoms with Crippen LogP contribution >= 0.6 is 0 Å². The summed E-state index contributed by atoms with van der Waals surface area (Å²) in [5, 5.41) is 36.0. The van der Waals surface area contributed by atoms with E-state index < -0.39 is 7.12 Å². The first-order chi connectivity index (χ1) is 14.6. The van der Waals surface area contributed by atoms with Crippen LogP contribution in [0.2, 0.25) is 0 Å². The summed E-state index contributed by atoms with van der Waals surface area (Å²) in [6, 6.07) is 12.9. The molecule has 2 aromatic heterocycles. The monoisotopic (exact) mass is 403 g/mol. The average molecular weight is 403 g/mol. The number of hydrogen-bond donors (Lipinski definition) is 4. The lowest BCUT2D eigenvalue weighted by molar-refractivity contribution is 0.425. The van der Waals surface area contributed by atoms with Gasteiger partial charge in [-0.25, -0.2) is 0 Å². The highest BCUT2D eigenvalue weighted by atomic mass is 16.4. The van der Waals surface area contributed by atoms with Crippen LogP contribution in [0, 0.1) is 0 Å². The number of hydrogen-bond acceptors (Lipinski definition) is 8. The Kier molecular flexibility index (Phi) is 5.71. The van der Waals surface area contributed by atoms with E-state index in [0.717, 1.165) is 27.7 Å². The Bertz CT molecular complexity index is 1180. The number of rotatable bonds is 7. The Hall–Kier alpha value is -3.34. The number of aryl methyl sites for hydroxylation is 1. The molecule has 0 aliphatic rings. The first-order valence-corrected chi connectivity index (χ1v) is 9.69. The number of aromatic nitrogens is 5. The van der Waals surface area contributed by atoms with Crippen molar-refractivity contribution in [1.29, 1.82) is 0 Å². The number of nitrogens with two attached hydrogens (primary N) is 1. The van der Waals surface area contributed by atoms with E-state index in [-0.39, 0.29) is 0 Å². The molecule has 0 saturated heterocycles. The molecule has 152 valence electrons. The van der Waals surface area contributed by atoms with Gasteiger partial charge in [0.25, 0.3) is 5.95 Å². The topological polar surface area (TPSA) is 135 Å². The summed E-state index contributed by atoms with van der Waals surface area (Å²) in [5.74, 6) is 0.967. The van der Waals surface area contributed by atoms with Crippen LogP contribution < -0.4 is 16.5 Å². The minimum Gasteiger partial charge on any atom is -0.423 e. The fourth-order valence-electron chi connectivity index (χ4n) is 3.31. The van der Waals surface area contributed by atoms with Crippen LogP contribution in [-0.4, -0.2) is 42.1 Å². The van der Waals surface area contributed by atoms with Crippen LogP contribution in [0.3, 0.4) is 0 Å². The minimum atomic E-state index is -1.50. The molecule has 0 atom stereocenters. The lowest BCUT2D eigenvalue weighted by Crippen LogP contribution is -2.30. The highest BCUT2D eigenvalue weighted by Gasteiger charge is 2.14. The van der Waals surface area contributed by atoms with Gasteiger partial charge in [0.05, 0.1) is 11.7 Å². The minimum absolute atomic E-state index is 0.360. The zero-order valence-corrected chi connectivity index (χ0v) is 16.5. The molecule has 2 aromatic carbocycles. The van der Waals surface area contributed by atoms with E-state index in [1.807, 2.05) is 31.2 Å². The van der Waals surface area contributed by atoms with Gasteiger partial charge in [-0.2, -0.15) is 14.8 Å². The van der Waals surface area contributed by atoms with Crippen LogP contribution in [0.1, 0.15) is 23.7 Å². The van der Waals surface area contributed by atoms with Crippen molar-refractivity contribution in [3.63, 3.8) is 0 Å². The van der Waals surface area contributed by atoms with Gasteiger partial charge in [0.1, 0.15) is 5.69 Å². The predicted molar refractivity (Wildman–Crippen MR) is 115 cm³/mol. The molecule has 4 aromatic rings. The second kappa shape index (κ2) is 8.58. The van der Waals surface area contributed by atoms with Crippen molar-refractivity contribution in [1.82, 2.24) is 25.0 Å². The zero-order valence-electron chi connectivity index (χ0n) is 16.5. The van der Waals surface area contributed by atoms with Gasteiger partial charge in [-0.05, 0) is 29.1 Å². The number of anilines is 1. The van der Waals surface area contributed by atoms with Gasteiger partial charge in [0.2, 0.25) is 0 Å². The van der Waals surface area contributed by atoms with Crippen LogP contribution in [0.25, 0.3) is 16.9 Å². The van der Waals surface area contributed by atoms with Crippen molar-refractivity contribution in [2.75, 3.05) is 5.32 Å². The van der Waals surface area contributed by atoms with Gasteiger partial charge in [-0.3, -0.25) is 0 Å². The summed E-state index contributed by atoms with van der Waals surface area (Å²) >= 11 is 0. The van der Waals surface area contributed by atoms with E-state index in [2.05, 4.69) is 25.6 Å². The van der Waals surface area contributed by atoms with Crippen molar-refractivity contribution in [3.8, 4) is 5.95 Å². The van der Waals surface area contributed by atoms with E-state index in [0.29, 0.717) is 36.7 Å². The molecule has 0 radical (unpaired) electrons. The summed E-state index contributed by atoms with van der Waals surface area (Å²) in [4.78, 5) is 4.65. The molecule has 0 amide bonds. The Labute approximate surface area is 173 Å². The summed E-state index contributed by atoms with van der Waals surface area (Å²) < 4.78 is 1.65. The van der Waals surface area contributed by atoms with Gasteiger partial charge in [0, 0.05) is 18.5 Å². The SMILES string of the molecule is CCc1nnc(-n2ncc3c(CN)cccc32)nc1NCc1cccc(B(O)O)c1. The lowest BCUT2D eigenvalue weighted by Gasteiger charge is -2.11. The second-order valence-electron chi connectivity index (χ2n) is 6.84. The largest absolute Gasteiger partial charge is 0.488 e. The third-order valence-corrected chi connectivity index (χ3v) is 4.90. The molecule has 0 bridgehead atoms. The molecule has 0 saturated carbocycles. The predicted octanol–water partition coefficient (Wildman–Crippen LogP) is 0.524. The summed E-state index contributed by atoms with van der Waals surface area (Å²) in [6.07, 6.45) is 2.42. The van der Waals surface area contributed by atoms with Gasteiger partial charge >= 0.3 is 7.12 Å². The molecule has 10 heteroatoms. The molecule has 0 spiro atoms. The molecule has 5 N–H and O–H groups in total. The van der Waals surface area contributed by atoms with Gasteiger partial charge in [-0.15, -0.1) is 10.2 Å². The molecular formula is C20H22BN7O2. The number of benzene rings is 2. The van der Waals surface area contributed by atoms with Gasteiger partial charge in [0.15, 0.2) is 5.82 Å². The zero-order chi connectivity index (χ0) is 21.1. The van der Waals surface area contributed by atoms with Crippen molar-refractivity contribution in [2.24, 2.45) is 5.73 Å². The standard InChI is InChI=1S/C20H22BN7O2/c1-2-17-19(23-11-13-5-3-7-15(9-13)21(29)30)25-20(27-26-17)28-18-8-4-6-14(10-22)16(18)12-24-28/h3-9,12,29-30H,2,10-11,22H2,1H3,(H,23,25,27). The highest BCUT2D eigenvalue weighted by Crippen LogP contribution is 2.21. The summed E-state index contributed by atoms with van der Waals surface area (Å²) in [5.41, 5.74) is 9.75. The van der Waals surface area contributed by atoms with Crippen LogP contribution in [0.4, 0.5) is 5.82 Å². The Morgan fingerprint density at radius 2 is 1.97 bits per heavy atom. The van der Waals surface area contributed by atoms with E-state index >= 15 is 0 Å². The number of nitrogens with one attached hydrogen (secondary N) is 1. The molecule has 0 aliphatic heterocycles. The summed E-state index contributed by atoms with van der Waals surface area (Å²) in [7, 11) is -1.50. The number of nitrogens with zero attached hydrogens (tertiary/aromatic N) is 5. The Balaban J connectivity index is 1.65. The molecular weight excluding hydrogens is 381 g/mol. The molecule has 9 nitrogen and oxygen atoms in total. The summed E-state index contributed by atoms with van der Waals surface area (Å²) in [6.45, 7) is 2.85. The number of fused-ring (bicyclic) bond motifs is 1. The van der Waals surface area contributed by atoms with E-state index in [9.17, 15) is 10.0 Å². The van der Waals surface area contributed by atoms with Crippen molar-refractivity contribution in [2.45, 2.75) is 26.4 Å². The Morgan fingerprint density at radius 1 is 1.13 bits per heavy atom. The van der Waals surface area contributed by atoms with Crippen LogP contribution in [0.15, 0.2) is 48.7 Å². The maximum Gasteiger partial charge on any atom is 0.488 e. The van der Waals surface area contributed by atoms with E-state index in [1.54, 1.807) is 29.1 Å². The van der Waals surface area contributed by atoms with Crippen molar-refractivity contribution >= 4 is 29.3 Å². The molecule has 2 heterocycles. The van der Waals surface area contributed by atoms with Crippen molar-refractivity contribution in [3.05, 3.63) is 65.5 Å². The maximum atomic E-state index is 9.37. The molecule has 0 unspecified atom stereocenters.